The molecule has 2 nitrogen and oxygen atoms in total. The fraction of sp³-hybridized carbons (Fsp3) is 0.857. The number of hydrogen-bond donors (Lipinski definition) is 0. The number of unbranched alkanes of at least 4 members (excludes halogenated alkanes) is 12. The molecule has 0 atom stereocenters. The Morgan fingerprint density at radius 3 is 1.78 bits per heavy atom. The van der Waals surface area contributed by atoms with Crippen molar-refractivity contribution in [1.29, 1.82) is 0 Å². The van der Waals surface area contributed by atoms with Gasteiger partial charge >= 0.3 is 5.97 Å². The van der Waals surface area contributed by atoms with Gasteiger partial charge in [0.2, 0.25) is 0 Å². The van der Waals surface area contributed by atoms with Gasteiger partial charge in [0.05, 0.1) is 6.61 Å². The molecule has 0 aromatic heterocycles. The molecule has 2 heteroatoms. The van der Waals surface area contributed by atoms with Crippen molar-refractivity contribution in [3.05, 3.63) is 11.6 Å². The fourth-order valence-electron chi connectivity index (χ4n) is 2.66. The molecule has 0 unspecified atom stereocenters. The highest BCUT2D eigenvalue weighted by Gasteiger charge is 2.04. The van der Waals surface area contributed by atoms with E-state index >= 15 is 0 Å². The van der Waals surface area contributed by atoms with Crippen LogP contribution in [0.4, 0.5) is 0 Å². The van der Waals surface area contributed by atoms with E-state index in [2.05, 4.69) is 13.8 Å². The van der Waals surface area contributed by atoms with E-state index in [4.69, 9.17) is 4.74 Å². The maximum absolute atomic E-state index is 11.7. The van der Waals surface area contributed by atoms with Gasteiger partial charge in [0, 0.05) is 5.57 Å². The first-order valence-electron chi connectivity index (χ1n) is 10.1. The molecule has 0 amide bonds. The SMILES string of the molecule is CCCCCCCCCCCC/C=C(\C)C(=O)OCCCCC. The molecule has 0 aromatic rings. The Morgan fingerprint density at radius 2 is 1.22 bits per heavy atom. The van der Waals surface area contributed by atoms with Crippen LogP contribution in [0.25, 0.3) is 0 Å². The summed E-state index contributed by atoms with van der Waals surface area (Å²) in [6, 6.07) is 0. The average Bonchev–Trinajstić information content (AvgIpc) is 2.56. The minimum atomic E-state index is -0.131. The molecule has 0 saturated carbocycles. The molecule has 0 heterocycles. The normalized spacial score (nSPS) is 11.7. The van der Waals surface area contributed by atoms with Crippen LogP contribution in [-0.2, 0) is 9.53 Å². The molecule has 0 aliphatic rings. The quantitative estimate of drug-likeness (QED) is 0.174. The first-order valence-corrected chi connectivity index (χ1v) is 10.1. The molecular formula is C21H40O2. The molecule has 0 aliphatic heterocycles. The van der Waals surface area contributed by atoms with E-state index in [-0.39, 0.29) is 5.97 Å². The number of hydrogen-bond acceptors (Lipinski definition) is 2. The average molecular weight is 325 g/mol. The topological polar surface area (TPSA) is 26.3 Å². The van der Waals surface area contributed by atoms with Gasteiger partial charge in [-0.3, -0.25) is 0 Å². The van der Waals surface area contributed by atoms with Crippen molar-refractivity contribution in [3.63, 3.8) is 0 Å². The predicted octanol–water partition coefficient (Wildman–Crippen LogP) is 6.98. The number of allylic oxidation sites excluding steroid dienone is 1. The van der Waals surface area contributed by atoms with Crippen LogP contribution in [0.15, 0.2) is 11.6 Å². The lowest BCUT2D eigenvalue weighted by Gasteiger charge is -2.04. The predicted molar refractivity (Wildman–Crippen MR) is 101 cm³/mol. The molecule has 0 N–H and O–H groups in total. The van der Waals surface area contributed by atoms with Gasteiger partial charge in [-0.05, 0) is 26.2 Å². The zero-order valence-electron chi connectivity index (χ0n) is 16.0. The van der Waals surface area contributed by atoms with Crippen LogP contribution in [0.1, 0.15) is 111 Å². The molecule has 0 saturated heterocycles. The van der Waals surface area contributed by atoms with Crippen LogP contribution < -0.4 is 0 Å². The summed E-state index contributed by atoms with van der Waals surface area (Å²) in [4.78, 5) is 11.7. The Kier molecular flexibility index (Phi) is 17.0. The Balaban J connectivity index is 3.41. The van der Waals surface area contributed by atoms with Gasteiger partial charge in [-0.2, -0.15) is 0 Å². The van der Waals surface area contributed by atoms with Crippen molar-refractivity contribution in [3.8, 4) is 0 Å². The van der Waals surface area contributed by atoms with Crippen molar-refractivity contribution in [2.45, 2.75) is 111 Å². The summed E-state index contributed by atoms with van der Waals surface area (Å²) in [5.74, 6) is -0.131. The lowest BCUT2D eigenvalue weighted by atomic mass is 10.1. The van der Waals surface area contributed by atoms with Gasteiger partial charge in [-0.15, -0.1) is 0 Å². The molecule has 136 valence electrons. The summed E-state index contributed by atoms with van der Waals surface area (Å²) in [5, 5.41) is 0. The number of carbonyl (C=O) groups is 1. The van der Waals surface area contributed by atoms with Gasteiger partial charge in [0.1, 0.15) is 0 Å². The number of carbonyl (C=O) groups excluding carboxylic acids is 1. The molecule has 0 spiro atoms. The van der Waals surface area contributed by atoms with Gasteiger partial charge in [0.15, 0.2) is 0 Å². The van der Waals surface area contributed by atoms with Gasteiger partial charge in [0.25, 0.3) is 0 Å². The lowest BCUT2D eigenvalue weighted by Crippen LogP contribution is -2.07. The summed E-state index contributed by atoms with van der Waals surface area (Å²) in [5.41, 5.74) is 0.775. The van der Waals surface area contributed by atoms with E-state index < -0.39 is 0 Å². The summed E-state index contributed by atoms with van der Waals surface area (Å²) < 4.78 is 5.25. The van der Waals surface area contributed by atoms with Crippen LogP contribution in [0, 0.1) is 0 Å². The van der Waals surface area contributed by atoms with Crippen molar-refractivity contribution in [2.75, 3.05) is 6.61 Å². The Labute approximate surface area is 145 Å². The first-order chi connectivity index (χ1) is 11.2. The molecule has 0 radical (unpaired) electrons. The van der Waals surface area contributed by atoms with Crippen LogP contribution >= 0.6 is 0 Å². The van der Waals surface area contributed by atoms with E-state index in [0.717, 1.165) is 31.3 Å². The first kappa shape index (κ1) is 22.2. The molecule has 0 fully saturated rings. The summed E-state index contributed by atoms with van der Waals surface area (Å²) in [7, 11) is 0. The Hall–Kier alpha value is -0.790. The summed E-state index contributed by atoms with van der Waals surface area (Å²) in [6.45, 7) is 6.86. The van der Waals surface area contributed by atoms with Crippen molar-refractivity contribution >= 4 is 5.97 Å². The second-order valence-electron chi connectivity index (χ2n) is 6.70. The zero-order valence-corrected chi connectivity index (χ0v) is 16.0. The van der Waals surface area contributed by atoms with Gasteiger partial charge in [-0.25, -0.2) is 4.79 Å². The maximum Gasteiger partial charge on any atom is 0.333 e. The molecule has 0 rings (SSSR count). The van der Waals surface area contributed by atoms with Crippen LogP contribution in [0.5, 0.6) is 0 Å². The zero-order chi connectivity index (χ0) is 17.2. The Morgan fingerprint density at radius 1 is 0.739 bits per heavy atom. The number of ether oxygens (including phenoxy) is 1. The third-order valence-corrected chi connectivity index (χ3v) is 4.31. The molecule has 0 bridgehead atoms. The summed E-state index contributed by atoms with van der Waals surface area (Å²) >= 11 is 0. The van der Waals surface area contributed by atoms with E-state index in [1.54, 1.807) is 0 Å². The maximum atomic E-state index is 11.7. The highest BCUT2D eigenvalue weighted by Crippen LogP contribution is 2.12. The third-order valence-electron chi connectivity index (χ3n) is 4.31. The van der Waals surface area contributed by atoms with Gasteiger partial charge < -0.3 is 4.74 Å². The summed E-state index contributed by atoms with van der Waals surface area (Å²) in [6.07, 6.45) is 19.9. The minimum absolute atomic E-state index is 0.131. The third kappa shape index (κ3) is 15.9. The monoisotopic (exact) mass is 324 g/mol. The lowest BCUT2D eigenvalue weighted by molar-refractivity contribution is -0.139. The van der Waals surface area contributed by atoms with E-state index in [9.17, 15) is 4.79 Å². The van der Waals surface area contributed by atoms with Crippen LogP contribution in [-0.4, -0.2) is 12.6 Å². The van der Waals surface area contributed by atoms with E-state index in [0.29, 0.717) is 6.61 Å². The molecule has 0 aromatic carbocycles. The number of rotatable bonds is 16. The van der Waals surface area contributed by atoms with E-state index in [1.807, 2.05) is 13.0 Å². The van der Waals surface area contributed by atoms with Crippen molar-refractivity contribution in [2.24, 2.45) is 0 Å². The second kappa shape index (κ2) is 17.6. The smallest absolute Gasteiger partial charge is 0.333 e. The van der Waals surface area contributed by atoms with Crippen molar-refractivity contribution in [1.82, 2.24) is 0 Å². The fourth-order valence-corrected chi connectivity index (χ4v) is 2.66. The molecule has 0 aliphatic carbocycles. The minimum Gasteiger partial charge on any atom is -0.462 e. The highest BCUT2D eigenvalue weighted by atomic mass is 16.5. The highest BCUT2D eigenvalue weighted by molar-refractivity contribution is 5.87. The Bertz CT molecular complexity index is 294. The van der Waals surface area contributed by atoms with Crippen molar-refractivity contribution < 1.29 is 9.53 Å². The molecular weight excluding hydrogens is 284 g/mol. The van der Waals surface area contributed by atoms with Gasteiger partial charge in [-0.1, -0.05) is 90.6 Å². The van der Waals surface area contributed by atoms with Crippen LogP contribution in [0.3, 0.4) is 0 Å². The second-order valence-corrected chi connectivity index (χ2v) is 6.70. The van der Waals surface area contributed by atoms with E-state index in [1.165, 1.54) is 64.2 Å². The largest absolute Gasteiger partial charge is 0.462 e. The standard InChI is InChI=1S/C21H40O2/c1-4-6-8-9-10-11-12-13-14-15-16-18-20(3)21(22)23-19-17-7-5-2/h18H,4-17,19H2,1-3H3/b20-18+. The molecule has 23 heavy (non-hydrogen) atoms. The van der Waals surface area contributed by atoms with Crippen LogP contribution in [0.2, 0.25) is 0 Å². The number of esters is 1.